The van der Waals surface area contributed by atoms with Crippen LogP contribution in [0.5, 0.6) is 0 Å². The highest BCUT2D eigenvalue weighted by molar-refractivity contribution is 5.60. The average molecular weight is 219 g/mol. The van der Waals surface area contributed by atoms with Crippen LogP contribution in [-0.2, 0) is 0 Å². The molecule has 5 heteroatoms. The molecule has 1 heterocycles. The maximum Gasteiger partial charge on any atom is 0.128 e. The van der Waals surface area contributed by atoms with Gasteiger partial charge in [-0.05, 0) is 30.3 Å². The van der Waals surface area contributed by atoms with Crippen LogP contribution in [0.1, 0.15) is 5.56 Å². The smallest absolute Gasteiger partial charge is 0.128 e. The van der Waals surface area contributed by atoms with Crippen molar-refractivity contribution in [1.82, 2.24) is 14.8 Å². The first-order valence-corrected chi connectivity index (χ1v) is 4.73. The minimum absolute atomic E-state index is 0.307. The summed E-state index contributed by atoms with van der Waals surface area (Å²) in [5.41, 5.74) is 1.29. The third kappa shape index (κ3) is 2.14. The third-order valence-electron chi connectivity index (χ3n) is 2.13. The van der Waals surface area contributed by atoms with Crippen LogP contribution in [-0.4, -0.2) is 26.5 Å². The van der Waals surface area contributed by atoms with E-state index in [1.54, 1.807) is 41.5 Å². The van der Waals surface area contributed by atoms with Crippen LogP contribution in [0.25, 0.3) is 11.5 Å². The fourth-order valence-electron chi connectivity index (χ4n) is 1.32. The molecule has 0 aliphatic carbocycles. The predicted octanol–water partition coefficient (Wildman–Crippen LogP) is 1.57. The molecule has 0 saturated heterocycles. The molecule has 4 nitrogen and oxygen atoms in total. The fourth-order valence-corrected chi connectivity index (χ4v) is 1.32. The number of aromatic nitrogens is 3. The maximum absolute atomic E-state index is 13.3. The Bertz CT molecular complexity index is 476. The summed E-state index contributed by atoms with van der Waals surface area (Å²) in [5, 5.41) is 15.9. The summed E-state index contributed by atoms with van der Waals surface area (Å²) in [6.45, 7) is -0.307. The molecule has 0 fully saturated rings. The SMILES string of the molecule is OCC=C(F)c1ccc(-n2cnnc2)cc1. The van der Waals surface area contributed by atoms with Gasteiger partial charge in [0, 0.05) is 11.3 Å². The standard InChI is InChI=1S/C11H10FN3O/c12-11(5-6-16)9-1-3-10(4-2-9)15-7-13-14-8-15/h1-5,7-8,16H,6H2. The lowest BCUT2D eigenvalue weighted by Gasteiger charge is -2.02. The van der Waals surface area contributed by atoms with Gasteiger partial charge in [-0.1, -0.05) is 0 Å². The minimum Gasteiger partial charge on any atom is -0.392 e. The minimum atomic E-state index is -0.433. The largest absolute Gasteiger partial charge is 0.392 e. The van der Waals surface area contributed by atoms with Crippen molar-refractivity contribution in [2.24, 2.45) is 0 Å². The summed E-state index contributed by atoms with van der Waals surface area (Å²) in [6.07, 6.45) is 4.25. The lowest BCUT2D eigenvalue weighted by Crippen LogP contribution is -1.90. The monoisotopic (exact) mass is 219 g/mol. The number of aliphatic hydroxyl groups is 1. The van der Waals surface area contributed by atoms with Gasteiger partial charge in [-0.3, -0.25) is 4.57 Å². The first-order chi connectivity index (χ1) is 7.81. The normalized spacial score (nSPS) is 11.8. The van der Waals surface area contributed by atoms with Gasteiger partial charge >= 0.3 is 0 Å². The number of rotatable bonds is 3. The Kier molecular flexibility index (Phi) is 3.07. The van der Waals surface area contributed by atoms with Crippen molar-refractivity contribution in [3.63, 3.8) is 0 Å². The van der Waals surface area contributed by atoms with Gasteiger partial charge in [-0.25, -0.2) is 4.39 Å². The zero-order valence-corrected chi connectivity index (χ0v) is 8.42. The van der Waals surface area contributed by atoms with Gasteiger partial charge in [0.05, 0.1) is 6.61 Å². The summed E-state index contributed by atoms with van der Waals surface area (Å²) >= 11 is 0. The van der Waals surface area contributed by atoms with E-state index in [-0.39, 0.29) is 6.61 Å². The number of hydrogen-bond donors (Lipinski definition) is 1. The number of nitrogens with zero attached hydrogens (tertiary/aromatic N) is 3. The van der Waals surface area contributed by atoms with E-state index in [9.17, 15) is 4.39 Å². The van der Waals surface area contributed by atoms with E-state index in [4.69, 9.17) is 5.11 Å². The quantitative estimate of drug-likeness (QED) is 0.852. The number of aliphatic hydroxyl groups excluding tert-OH is 1. The molecule has 0 aliphatic rings. The van der Waals surface area contributed by atoms with E-state index in [1.165, 1.54) is 0 Å². The van der Waals surface area contributed by atoms with Crippen molar-refractivity contribution in [3.8, 4) is 5.69 Å². The molecule has 16 heavy (non-hydrogen) atoms. The Morgan fingerprint density at radius 2 is 1.88 bits per heavy atom. The highest BCUT2D eigenvalue weighted by Gasteiger charge is 2.00. The summed E-state index contributed by atoms with van der Waals surface area (Å²) in [5.74, 6) is -0.433. The molecule has 1 aromatic carbocycles. The van der Waals surface area contributed by atoms with Gasteiger partial charge in [-0.2, -0.15) is 0 Å². The molecule has 0 spiro atoms. The van der Waals surface area contributed by atoms with Crippen molar-refractivity contribution in [2.75, 3.05) is 6.61 Å². The molecule has 1 N–H and O–H groups in total. The molecule has 0 amide bonds. The van der Waals surface area contributed by atoms with Crippen LogP contribution >= 0.6 is 0 Å². The van der Waals surface area contributed by atoms with Gasteiger partial charge in [0.25, 0.3) is 0 Å². The van der Waals surface area contributed by atoms with Crippen LogP contribution in [0.3, 0.4) is 0 Å². The molecule has 1 aromatic heterocycles. The van der Waals surface area contributed by atoms with Crippen molar-refractivity contribution in [1.29, 1.82) is 0 Å². The Balaban J connectivity index is 2.26. The predicted molar refractivity (Wildman–Crippen MR) is 57.5 cm³/mol. The molecule has 0 atom stereocenters. The first-order valence-electron chi connectivity index (χ1n) is 4.73. The van der Waals surface area contributed by atoms with Gasteiger partial charge in [0.2, 0.25) is 0 Å². The van der Waals surface area contributed by atoms with Crippen molar-refractivity contribution in [3.05, 3.63) is 48.6 Å². The van der Waals surface area contributed by atoms with Crippen LogP contribution in [0.2, 0.25) is 0 Å². The molecule has 0 aliphatic heterocycles. The molecule has 2 aromatic rings. The number of hydrogen-bond acceptors (Lipinski definition) is 3. The highest BCUT2D eigenvalue weighted by atomic mass is 19.1. The summed E-state index contributed by atoms with van der Waals surface area (Å²) in [4.78, 5) is 0. The zero-order valence-electron chi connectivity index (χ0n) is 8.42. The Morgan fingerprint density at radius 3 is 2.44 bits per heavy atom. The Labute approximate surface area is 91.7 Å². The van der Waals surface area contributed by atoms with Crippen LogP contribution < -0.4 is 0 Å². The molecule has 0 radical (unpaired) electrons. The molecular formula is C11H10FN3O. The molecular weight excluding hydrogens is 209 g/mol. The zero-order chi connectivity index (χ0) is 11.4. The lowest BCUT2D eigenvalue weighted by atomic mass is 10.2. The number of benzene rings is 1. The average Bonchev–Trinajstić information content (AvgIpc) is 2.83. The highest BCUT2D eigenvalue weighted by Crippen LogP contribution is 2.17. The van der Waals surface area contributed by atoms with E-state index in [0.29, 0.717) is 5.56 Å². The molecule has 0 bridgehead atoms. The number of halogens is 1. The first kappa shape index (κ1) is 10.5. The van der Waals surface area contributed by atoms with E-state index >= 15 is 0 Å². The van der Waals surface area contributed by atoms with E-state index in [1.807, 2.05) is 0 Å². The van der Waals surface area contributed by atoms with Crippen LogP contribution in [0.4, 0.5) is 4.39 Å². The second-order valence-corrected chi connectivity index (χ2v) is 3.15. The van der Waals surface area contributed by atoms with E-state index in [2.05, 4.69) is 10.2 Å². The van der Waals surface area contributed by atoms with Crippen LogP contribution in [0.15, 0.2) is 43.0 Å². The van der Waals surface area contributed by atoms with Crippen molar-refractivity contribution >= 4 is 5.83 Å². The Hall–Kier alpha value is -2.01. The van der Waals surface area contributed by atoms with Gasteiger partial charge in [-0.15, -0.1) is 10.2 Å². The fraction of sp³-hybridized carbons (Fsp3) is 0.0909. The van der Waals surface area contributed by atoms with Crippen molar-refractivity contribution < 1.29 is 9.50 Å². The second-order valence-electron chi connectivity index (χ2n) is 3.15. The van der Waals surface area contributed by atoms with Crippen molar-refractivity contribution in [2.45, 2.75) is 0 Å². The van der Waals surface area contributed by atoms with E-state index < -0.39 is 5.83 Å². The molecule has 0 saturated carbocycles. The van der Waals surface area contributed by atoms with E-state index in [0.717, 1.165) is 11.8 Å². The maximum atomic E-state index is 13.3. The Morgan fingerprint density at radius 1 is 1.25 bits per heavy atom. The van der Waals surface area contributed by atoms with Gasteiger partial charge < -0.3 is 5.11 Å². The molecule has 0 unspecified atom stereocenters. The summed E-state index contributed by atoms with van der Waals surface area (Å²) < 4.78 is 15.0. The summed E-state index contributed by atoms with van der Waals surface area (Å²) in [7, 11) is 0. The molecule has 82 valence electrons. The lowest BCUT2D eigenvalue weighted by molar-refractivity contribution is 0.342. The molecule has 2 rings (SSSR count). The van der Waals surface area contributed by atoms with Gasteiger partial charge in [0.15, 0.2) is 0 Å². The third-order valence-corrected chi connectivity index (χ3v) is 2.13. The second kappa shape index (κ2) is 4.67. The van der Waals surface area contributed by atoms with Gasteiger partial charge in [0.1, 0.15) is 18.5 Å². The van der Waals surface area contributed by atoms with Crippen LogP contribution in [0, 0.1) is 0 Å². The topological polar surface area (TPSA) is 50.9 Å². The summed E-state index contributed by atoms with van der Waals surface area (Å²) in [6, 6.07) is 6.78.